The Labute approximate surface area is 168 Å². The van der Waals surface area contributed by atoms with Crippen LogP contribution in [-0.4, -0.2) is 44.9 Å². The third-order valence-electron chi connectivity index (χ3n) is 3.46. The molecule has 1 unspecified atom stereocenters. The zero-order valence-electron chi connectivity index (χ0n) is 14.5. The SMILES string of the molecule is CS(=O)(=O)Cc1cccc(C(=O)NCC(O)COc2cccc(Cl)c2Cl)c1. The van der Waals surface area contributed by atoms with Gasteiger partial charge in [-0.25, -0.2) is 8.42 Å². The molecule has 0 saturated heterocycles. The molecule has 146 valence electrons. The highest BCUT2D eigenvalue weighted by atomic mass is 35.5. The van der Waals surface area contributed by atoms with Crippen LogP contribution < -0.4 is 10.1 Å². The molecule has 0 bridgehead atoms. The van der Waals surface area contributed by atoms with Gasteiger partial charge in [-0.05, 0) is 29.8 Å². The first-order valence-electron chi connectivity index (χ1n) is 7.95. The molecule has 0 saturated carbocycles. The summed E-state index contributed by atoms with van der Waals surface area (Å²) in [5, 5.41) is 13.1. The summed E-state index contributed by atoms with van der Waals surface area (Å²) in [7, 11) is -3.19. The van der Waals surface area contributed by atoms with Gasteiger partial charge >= 0.3 is 0 Å². The van der Waals surface area contributed by atoms with E-state index in [0.29, 0.717) is 21.9 Å². The molecule has 9 heteroatoms. The van der Waals surface area contributed by atoms with Crippen LogP contribution >= 0.6 is 23.2 Å². The monoisotopic (exact) mass is 431 g/mol. The van der Waals surface area contributed by atoms with E-state index in [1.165, 1.54) is 6.07 Å². The molecule has 0 radical (unpaired) electrons. The van der Waals surface area contributed by atoms with Gasteiger partial charge in [0.1, 0.15) is 23.5 Å². The van der Waals surface area contributed by atoms with Crippen molar-refractivity contribution < 1.29 is 23.1 Å². The van der Waals surface area contributed by atoms with E-state index in [1.807, 2.05) is 0 Å². The number of sulfone groups is 1. The first kappa shape index (κ1) is 21.5. The Morgan fingerprint density at radius 1 is 1.22 bits per heavy atom. The van der Waals surface area contributed by atoms with E-state index in [4.69, 9.17) is 27.9 Å². The van der Waals surface area contributed by atoms with Crippen molar-refractivity contribution in [2.45, 2.75) is 11.9 Å². The molecule has 1 atom stereocenters. The minimum atomic E-state index is -3.19. The molecule has 27 heavy (non-hydrogen) atoms. The highest BCUT2D eigenvalue weighted by Gasteiger charge is 2.13. The Morgan fingerprint density at radius 3 is 2.63 bits per heavy atom. The number of halogens is 2. The number of carbonyl (C=O) groups excluding carboxylic acids is 1. The van der Waals surface area contributed by atoms with Crippen molar-refractivity contribution in [2.24, 2.45) is 0 Å². The minimum Gasteiger partial charge on any atom is -0.489 e. The number of ether oxygens (including phenoxy) is 1. The molecule has 0 heterocycles. The van der Waals surface area contributed by atoms with Crippen molar-refractivity contribution >= 4 is 38.9 Å². The third-order valence-corrected chi connectivity index (χ3v) is 5.12. The lowest BCUT2D eigenvalue weighted by atomic mass is 10.1. The first-order chi connectivity index (χ1) is 12.7. The van der Waals surface area contributed by atoms with E-state index in [1.54, 1.807) is 36.4 Å². The summed E-state index contributed by atoms with van der Waals surface area (Å²) in [5.41, 5.74) is 0.826. The zero-order chi connectivity index (χ0) is 20.0. The molecule has 2 N–H and O–H groups in total. The highest BCUT2D eigenvalue weighted by molar-refractivity contribution is 7.89. The molecule has 0 aliphatic heterocycles. The van der Waals surface area contributed by atoms with Crippen molar-refractivity contribution in [1.82, 2.24) is 5.32 Å². The molecule has 2 aromatic carbocycles. The predicted molar refractivity (Wildman–Crippen MR) is 105 cm³/mol. The van der Waals surface area contributed by atoms with Gasteiger partial charge in [-0.3, -0.25) is 4.79 Å². The number of hydrogen-bond acceptors (Lipinski definition) is 5. The molecule has 1 amide bonds. The van der Waals surface area contributed by atoms with Crippen molar-refractivity contribution in [2.75, 3.05) is 19.4 Å². The van der Waals surface area contributed by atoms with Crippen molar-refractivity contribution in [3.05, 3.63) is 63.6 Å². The molecule has 0 fully saturated rings. The fourth-order valence-electron chi connectivity index (χ4n) is 2.26. The smallest absolute Gasteiger partial charge is 0.251 e. The minimum absolute atomic E-state index is 0.0483. The molecule has 2 aromatic rings. The van der Waals surface area contributed by atoms with Crippen LogP contribution in [0, 0.1) is 0 Å². The zero-order valence-corrected chi connectivity index (χ0v) is 16.8. The molecule has 6 nitrogen and oxygen atoms in total. The average Bonchev–Trinajstić information content (AvgIpc) is 2.59. The quantitative estimate of drug-likeness (QED) is 0.669. The van der Waals surface area contributed by atoms with Gasteiger partial charge in [-0.15, -0.1) is 0 Å². The van der Waals surface area contributed by atoms with Crippen LogP contribution in [0.3, 0.4) is 0 Å². The number of aliphatic hydroxyl groups excluding tert-OH is 1. The maximum absolute atomic E-state index is 12.2. The van der Waals surface area contributed by atoms with Crippen LogP contribution in [0.2, 0.25) is 10.0 Å². The van der Waals surface area contributed by atoms with Crippen LogP contribution in [0.4, 0.5) is 0 Å². The first-order valence-corrected chi connectivity index (χ1v) is 10.8. The second-order valence-electron chi connectivity index (χ2n) is 6.00. The van der Waals surface area contributed by atoms with Gasteiger partial charge in [0.15, 0.2) is 9.84 Å². The summed E-state index contributed by atoms with van der Waals surface area (Å²) in [4.78, 5) is 12.2. The van der Waals surface area contributed by atoms with E-state index in [9.17, 15) is 18.3 Å². The summed E-state index contributed by atoms with van der Waals surface area (Å²) in [6.45, 7) is -0.137. The van der Waals surface area contributed by atoms with Gasteiger partial charge in [0, 0.05) is 18.4 Å². The third kappa shape index (κ3) is 7.03. The van der Waals surface area contributed by atoms with Crippen LogP contribution in [0.1, 0.15) is 15.9 Å². The number of nitrogens with one attached hydrogen (secondary N) is 1. The maximum Gasteiger partial charge on any atom is 0.251 e. The topological polar surface area (TPSA) is 92.7 Å². The number of hydrogen-bond donors (Lipinski definition) is 2. The normalized spacial score (nSPS) is 12.4. The average molecular weight is 432 g/mol. The Hall–Kier alpha value is -1.80. The molecular formula is C18H19Cl2NO5S. The number of benzene rings is 2. The second kappa shape index (κ2) is 9.41. The molecule has 0 aromatic heterocycles. The van der Waals surface area contributed by atoms with Gasteiger partial charge in [0.05, 0.1) is 10.8 Å². The molecule has 0 aliphatic rings. The van der Waals surface area contributed by atoms with E-state index in [-0.39, 0.29) is 23.9 Å². The molecule has 0 aliphatic carbocycles. The summed E-state index contributed by atoms with van der Waals surface area (Å²) in [5.74, 6) is -0.237. The van der Waals surface area contributed by atoms with Crippen LogP contribution in [0.15, 0.2) is 42.5 Å². The van der Waals surface area contributed by atoms with E-state index >= 15 is 0 Å². The van der Waals surface area contributed by atoms with Gasteiger partial charge < -0.3 is 15.2 Å². The summed E-state index contributed by atoms with van der Waals surface area (Å²) >= 11 is 11.9. The van der Waals surface area contributed by atoms with Crippen molar-refractivity contribution in [1.29, 1.82) is 0 Å². The van der Waals surface area contributed by atoms with Crippen molar-refractivity contribution in [3.8, 4) is 5.75 Å². The van der Waals surface area contributed by atoms with Gasteiger partial charge in [0.2, 0.25) is 0 Å². The van der Waals surface area contributed by atoms with E-state index in [0.717, 1.165) is 6.26 Å². The largest absolute Gasteiger partial charge is 0.489 e. The summed E-state index contributed by atoms with van der Waals surface area (Å²) in [6, 6.07) is 11.2. The second-order valence-corrected chi connectivity index (χ2v) is 8.92. The number of aliphatic hydroxyl groups is 1. The fourth-order valence-corrected chi connectivity index (χ4v) is 3.39. The van der Waals surface area contributed by atoms with Gasteiger partial charge in [0.25, 0.3) is 5.91 Å². The molecule has 2 rings (SSSR count). The van der Waals surface area contributed by atoms with Gasteiger partial charge in [-0.1, -0.05) is 41.4 Å². The van der Waals surface area contributed by atoms with Crippen molar-refractivity contribution in [3.63, 3.8) is 0 Å². The fraction of sp³-hybridized carbons (Fsp3) is 0.278. The Kier molecular flexibility index (Phi) is 7.49. The number of amides is 1. The Morgan fingerprint density at radius 2 is 1.93 bits per heavy atom. The Bertz CT molecular complexity index is 918. The highest BCUT2D eigenvalue weighted by Crippen LogP contribution is 2.31. The number of rotatable bonds is 8. The van der Waals surface area contributed by atoms with E-state index < -0.39 is 21.8 Å². The Balaban J connectivity index is 1.87. The van der Waals surface area contributed by atoms with Crippen LogP contribution in [-0.2, 0) is 15.6 Å². The lowest BCUT2D eigenvalue weighted by Gasteiger charge is -2.14. The summed E-state index contributed by atoms with van der Waals surface area (Å²) in [6.07, 6.45) is 0.158. The summed E-state index contributed by atoms with van der Waals surface area (Å²) < 4.78 is 28.1. The van der Waals surface area contributed by atoms with Crippen LogP contribution in [0.5, 0.6) is 5.75 Å². The standard InChI is InChI=1S/C18H19Cl2NO5S/c1-27(24,25)11-12-4-2-5-13(8-12)18(23)21-9-14(22)10-26-16-7-3-6-15(19)17(16)20/h2-8,14,22H,9-11H2,1H3,(H,21,23). The van der Waals surface area contributed by atoms with Crippen LogP contribution in [0.25, 0.3) is 0 Å². The molecular weight excluding hydrogens is 413 g/mol. The predicted octanol–water partition coefficient (Wildman–Crippen LogP) is 2.71. The van der Waals surface area contributed by atoms with Gasteiger partial charge in [-0.2, -0.15) is 0 Å². The lowest BCUT2D eigenvalue weighted by molar-refractivity contribution is 0.0844. The number of carbonyl (C=O) groups is 1. The maximum atomic E-state index is 12.2. The molecule has 0 spiro atoms. The lowest BCUT2D eigenvalue weighted by Crippen LogP contribution is -2.35. The van der Waals surface area contributed by atoms with E-state index in [2.05, 4.69) is 5.32 Å².